The molecule has 1 saturated heterocycles. The third-order valence-electron chi connectivity index (χ3n) is 4.05. The summed E-state index contributed by atoms with van der Waals surface area (Å²) in [7, 11) is 0. The Balaban J connectivity index is 0.00000324. The van der Waals surface area contributed by atoms with Gasteiger partial charge >= 0.3 is 0 Å². The number of nitrogens with zero attached hydrogens (tertiary/aromatic N) is 3. The number of nitrogens with two attached hydrogens (primary N) is 1. The highest BCUT2D eigenvalue weighted by Gasteiger charge is 2.20. The molecule has 4 nitrogen and oxygen atoms in total. The van der Waals surface area contributed by atoms with Crippen LogP contribution in [0.5, 0.6) is 0 Å². The Kier molecular flexibility index (Phi) is 9.78. The van der Waals surface area contributed by atoms with Crippen molar-refractivity contribution in [2.75, 3.05) is 32.7 Å². The van der Waals surface area contributed by atoms with E-state index in [1.54, 1.807) is 0 Å². The highest BCUT2D eigenvalue weighted by molar-refractivity contribution is 14.0. The lowest BCUT2D eigenvalue weighted by molar-refractivity contribution is 0.150. The first-order chi connectivity index (χ1) is 8.58. The molecule has 19 heavy (non-hydrogen) atoms. The first kappa shape index (κ1) is 19.0. The lowest BCUT2D eigenvalue weighted by atomic mass is 9.98. The predicted molar refractivity (Wildman–Crippen MR) is 94.3 cm³/mol. The summed E-state index contributed by atoms with van der Waals surface area (Å²) in [6, 6.07) is 0.506. The van der Waals surface area contributed by atoms with Gasteiger partial charge < -0.3 is 10.6 Å². The van der Waals surface area contributed by atoms with E-state index in [1.807, 2.05) is 0 Å². The maximum absolute atomic E-state index is 6.00. The van der Waals surface area contributed by atoms with E-state index in [1.165, 1.54) is 25.9 Å². The summed E-state index contributed by atoms with van der Waals surface area (Å²) in [6.45, 7) is 13.9. The summed E-state index contributed by atoms with van der Waals surface area (Å²) in [5.74, 6) is 1.58. The molecule has 0 aromatic heterocycles. The molecule has 0 spiro atoms. The molecule has 0 radical (unpaired) electrons. The zero-order valence-electron chi connectivity index (χ0n) is 12.9. The molecule has 2 N–H and O–H groups in total. The van der Waals surface area contributed by atoms with E-state index in [4.69, 9.17) is 5.73 Å². The Morgan fingerprint density at radius 2 is 1.84 bits per heavy atom. The third kappa shape index (κ3) is 6.29. The molecule has 5 heteroatoms. The highest BCUT2D eigenvalue weighted by Crippen LogP contribution is 2.17. The van der Waals surface area contributed by atoms with Gasteiger partial charge in [-0.05, 0) is 52.6 Å². The Bertz CT molecular complexity index is 258. The summed E-state index contributed by atoms with van der Waals surface area (Å²) < 4.78 is 0. The molecule has 1 rings (SSSR count). The fourth-order valence-electron chi connectivity index (χ4n) is 2.46. The largest absolute Gasteiger partial charge is 0.370 e. The lowest BCUT2D eigenvalue weighted by Gasteiger charge is -2.34. The van der Waals surface area contributed by atoms with Gasteiger partial charge in [-0.1, -0.05) is 6.92 Å². The minimum atomic E-state index is 0. The van der Waals surface area contributed by atoms with Crippen LogP contribution in [0.3, 0.4) is 0 Å². The average Bonchev–Trinajstić information content (AvgIpc) is 2.38. The molecule has 0 aliphatic carbocycles. The molecular weight excluding hydrogens is 351 g/mol. The van der Waals surface area contributed by atoms with Gasteiger partial charge in [0.2, 0.25) is 0 Å². The van der Waals surface area contributed by atoms with Crippen LogP contribution in [0.4, 0.5) is 0 Å². The molecule has 1 fully saturated rings. The first-order valence-electron chi connectivity index (χ1n) is 7.37. The Hall–Kier alpha value is -0.0400. The number of aliphatic imine (C=N–C) groups is 1. The zero-order chi connectivity index (χ0) is 13.5. The predicted octanol–water partition coefficient (Wildman–Crippen LogP) is 2.38. The van der Waals surface area contributed by atoms with Crippen molar-refractivity contribution in [3.63, 3.8) is 0 Å². The topological polar surface area (TPSA) is 44.9 Å². The number of piperidine rings is 1. The molecule has 1 atom stereocenters. The minimum Gasteiger partial charge on any atom is -0.370 e. The van der Waals surface area contributed by atoms with Crippen LogP contribution in [0.1, 0.15) is 40.5 Å². The van der Waals surface area contributed by atoms with E-state index in [2.05, 4.69) is 42.5 Å². The standard InChI is InChI=1S/C14H30N4.HI/c1-5-17(6-2)14(15)16-11-13(4)18-9-7-12(3)8-10-18;/h12-13H,5-11H2,1-4H3,(H2,15,16);1H. The molecule has 1 unspecified atom stereocenters. The van der Waals surface area contributed by atoms with Gasteiger partial charge in [-0.3, -0.25) is 9.89 Å². The average molecular weight is 382 g/mol. The number of hydrogen-bond donors (Lipinski definition) is 1. The second kappa shape index (κ2) is 9.80. The number of hydrogen-bond acceptors (Lipinski definition) is 2. The molecular formula is C14H31IN4. The number of guanidine groups is 1. The maximum Gasteiger partial charge on any atom is 0.191 e. The second-order valence-electron chi connectivity index (χ2n) is 5.44. The Morgan fingerprint density at radius 1 is 1.32 bits per heavy atom. The van der Waals surface area contributed by atoms with Gasteiger partial charge in [-0.25, -0.2) is 0 Å². The van der Waals surface area contributed by atoms with E-state index in [0.717, 1.165) is 25.6 Å². The molecule has 0 aromatic carbocycles. The SMILES string of the molecule is CCN(CC)C(N)=NCC(C)N1CCC(C)CC1.I. The summed E-state index contributed by atoms with van der Waals surface area (Å²) >= 11 is 0. The minimum absolute atomic E-state index is 0. The van der Waals surface area contributed by atoms with Crippen molar-refractivity contribution in [3.8, 4) is 0 Å². The van der Waals surface area contributed by atoms with Crippen molar-refractivity contribution < 1.29 is 0 Å². The van der Waals surface area contributed by atoms with Crippen LogP contribution in [-0.4, -0.2) is 54.5 Å². The van der Waals surface area contributed by atoms with Gasteiger partial charge in [-0.15, -0.1) is 24.0 Å². The molecule has 114 valence electrons. The van der Waals surface area contributed by atoms with E-state index in [0.29, 0.717) is 12.0 Å². The Morgan fingerprint density at radius 3 is 2.32 bits per heavy atom. The van der Waals surface area contributed by atoms with Crippen LogP contribution in [0.25, 0.3) is 0 Å². The van der Waals surface area contributed by atoms with Gasteiger partial charge in [-0.2, -0.15) is 0 Å². The van der Waals surface area contributed by atoms with Crippen molar-refractivity contribution in [2.24, 2.45) is 16.6 Å². The van der Waals surface area contributed by atoms with Crippen LogP contribution >= 0.6 is 24.0 Å². The van der Waals surface area contributed by atoms with Gasteiger partial charge in [0, 0.05) is 19.1 Å². The van der Waals surface area contributed by atoms with Gasteiger partial charge in [0.25, 0.3) is 0 Å². The zero-order valence-corrected chi connectivity index (χ0v) is 15.3. The molecule has 1 heterocycles. The summed E-state index contributed by atoms with van der Waals surface area (Å²) in [6.07, 6.45) is 2.64. The van der Waals surface area contributed by atoms with Crippen molar-refractivity contribution in [2.45, 2.75) is 46.6 Å². The normalized spacial score (nSPS) is 19.9. The van der Waals surface area contributed by atoms with Gasteiger partial charge in [0.1, 0.15) is 0 Å². The molecule has 0 amide bonds. The highest BCUT2D eigenvalue weighted by atomic mass is 127. The van der Waals surface area contributed by atoms with Crippen molar-refractivity contribution in [3.05, 3.63) is 0 Å². The Labute approximate surface area is 135 Å². The van der Waals surface area contributed by atoms with Gasteiger partial charge in [0.05, 0.1) is 6.54 Å². The van der Waals surface area contributed by atoms with Gasteiger partial charge in [0.15, 0.2) is 5.96 Å². The number of rotatable bonds is 5. The number of halogens is 1. The van der Waals surface area contributed by atoms with Crippen molar-refractivity contribution in [1.82, 2.24) is 9.80 Å². The van der Waals surface area contributed by atoms with Crippen molar-refractivity contribution in [1.29, 1.82) is 0 Å². The molecule has 0 aromatic rings. The quantitative estimate of drug-likeness (QED) is 0.451. The fraction of sp³-hybridized carbons (Fsp3) is 0.929. The summed E-state index contributed by atoms with van der Waals surface area (Å²) in [5.41, 5.74) is 6.00. The maximum atomic E-state index is 6.00. The summed E-state index contributed by atoms with van der Waals surface area (Å²) in [4.78, 5) is 9.18. The van der Waals surface area contributed by atoms with E-state index in [-0.39, 0.29) is 24.0 Å². The molecule has 1 aliphatic rings. The molecule has 0 saturated carbocycles. The fourth-order valence-corrected chi connectivity index (χ4v) is 2.46. The van der Waals surface area contributed by atoms with Crippen LogP contribution in [-0.2, 0) is 0 Å². The van der Waals surface area contributed by atoms with E-state index >= 15 is 0 Å². The number of likely N-dealkylation sites (tertiary alicyclic amines) is 1. The monoisotopic (exact) mass is 382 g/mol. The molecule has 0 bridgehead atoms. The molecule has 1 aliphatic heterocycles. The third-order valence-corrected chi connectivity index (χ3v) is 4.05. The van der Waals surface area contributed by atoms with Crippen LogP contribution in [0.2, 0.25) is 0 Å². The van der Waals surface area contributed by atoms with Crippen molar-refractivity contribution >= 4 is 29.9 Å². The van der Waals surface area contributed by atoms with Crippen LogP contribution in [0.15, 0.2) is 4.99 Å². The smallest absolute Gasteiger partial charge is 0.191 e. The first-order valence-corrected chi connectivity index (χ1v) is 7.37. The van der Waals surface area contributed by atoms with Crippen LogP contribution in [0, 0.1) is 5.92 Å². The lowest BCUT2D eigenvalue weighted by Crippen LogP contribution is -2.42. The second-order valence-corrected chi connectivity index (χ2v) is 5.44. The van der Waals surface area contributed by atoms with E-state index < -0.39 is 0 Å². The van der Waals surface area contributed by atoms with Crippen LogP contribution < -0.4 is 5.73 Å². The van der Waals surface area contributed by atoms with E-state index in [9.17, 15) is 0 Å². The summed E-state index contributed by atoms with van der Waals surface area (Å²) in [5, 5.41) is 0.